The summed E-state index contributed by atoms with van der Waals surface area (Å²) in [7, 11) is -3.18. The van der Waals surface area contributed by atoms with Crippen molar-refractivity contribution in [2.24, 2.45) is 4.99 Å². The molecule has 0 radical (unpaired) electrons. The fourth-order valence-corrected chi connectivity index (χ4v) is 7.58. The molecular formula is C19H16ClFN2O3S2. The van der Waals surface area contributed by atoms with Gasteiger partial charge in [-0.05, 0) is 29.8 Å². The summed E-state index contributed by atoms with van der Waals surface area (Å²) in [6.45, 7) is 0. The van der Waals surface area contributed by atoms with Gasteiger partial charge >= 0.3 is 0 Å². The van der Waals surface area contributed by atoms with Crippen molar-refractivity contribution in [3.8, 4) is 0 Å². The van der Waals surface area contributed by atoms with Crippen LogP contribution in [0.4, 0.5) is 10.1 Å². The van der Waals surface area contributed by atoms with E-state index in [1.165, 1.54) is 23.9 Å². The van der Waals surface area contributed by atoms with E-state index < -0.39 is 15.7 Å². The molecule has 2 aliphatic heterocycles. The highest BCUT2D eigenvalue weighted by Gasteiger charge is 2.49. The number of amidine groups is 1. The van der Waals surface area contributed by atoms with Crippen LogP contribution in [0.15, 0.2) is 53.5 Å². The molecule has 0 aromatic heterocycles. The molecule has 2 heterocycles. The molecule has 28 heavy (non-hydrogen) atoms. The molecule has 0 N–H and O–H groups in total. The quantitative estimate of drug-likeness (QED) is 0.735. The zero-order chi connectivity index (χ0) is 19.9. The molecule has 9 heteroatoms. The lowest BCUT2D eigenvalue weighted by atomic mass is 10.1. The van der Waals surface area contributed by atoms with Crippen LogP contribution in [-0.2, 0) is 21.1 Å². The van der Waals surface area contributed by atoms with Gasteiger partial charge in [0.2, 0.25) is 0 Å². The minimum Gasteiger partial charge on any atom is -0.315 e. The maximum absolute atomic E-state index is 13.8. The number of carbonyl (C=O) groups excluding carboxylic acids is 1. The van der Waals surface area contributed by atoms with Crippen molar-refractivity contribution in [2.45, 2.75) is 17.7 Å². The Kier molecular flexibility index (Phi) is 5.20. The summed E-state index contributed by atoms with van der Waals surface area (Å²) >= 11 is 7.37. The molecule has 5 nitrogen and oxygen atoms in total. The minimum atomic E-state index is -3.18. The minimum absolute atomic E-state index is 0.0197. The van der Waals surface area contributed by atoms with Crippen molar-refractivity contribution in [3.05, 3.63) is 64.9 Å². The lowest BCUT2D eigenvalue weighted by molar-refractivity contribution is -0.117. The molecule has 0 saturated carbocycles. The Labute approximate surface area is 171 Å². The Morgan fingerprint density at radius 2 is 2.00 bits per heavy atom. The van der Waals surface area contributed by atoms with Gasteiger partial charge in [-0.3, -0.25) is 4.79 Å². The first-order valence-corrected chi connectivity index (χ1v) is 11.7. The maximum Gasteiger partial charge on any atom is 0.252 e. The first kappa shape index (κ1) is 19.4. The molecule has 2 atom stereocenters. The van der Waals surface area contributed by atoms with Crippen molar-refractivity contribution in [1.29, 1.82) is 0 Å². The Morgan fingerprint density at radius 1 is 1.21 bits per heavy atom. The average Bonchev–Trinajstić information content (AvgIpc) is 3.07. The molecule has 146 valence electrons. The highest BCUT2D eigenvalue weighted by atomic mass is 35.5. The summed E-state index contributed by atoms with van der Waals surface area (Å²) in [6.07, 6.45) is 0.0361. The highest BCUT2D eigenvalue weighted by molar-refractivity contribution is 8.16. The number of thioether (sulfide) groups is 1. The van der Waals surface area contributed by atoms with Gasteiger partial charge in [-0.15, -0.1) is 0 Å². The third kappa shape index (κ3) is 3.94. The standard InChI is InChI=1S/C19H16ClFN2O3S2/c20-15-7-2-1-4-12(15)8-18(24)22-19-23(14-6-3-5-13(21)9-14)16-10-28(25,26)11-17(16)27-19/h1-7,9,16-17H,8,10-11H2/t16-,17-/m0/s1. The number of halogens is 2. The van der Waals surface area contributed by atoms with Gasteiger partial charge in [0.05, 0.1) is 24.0 Å². The Hall–Kier alpha value is -1.90. The fraction of sp³-hybridized carbons (Fsp3) is 0.263. The van der Waals surface area contributed by atoms with Gasteiger partial charge in [0.15, 0.2) is 15.0 Å². The summed E-state index contributed by atoms with van der Waals surface area (Å²) in [5.41, 5.74) is 1.16. The number of amides is 1. The largest absolute Gasteiger partial charge is 0.315 e. The van der Waals surface area contributed by atoms with E-state index in [1.54, 1.807) is 41.3 Å². The normalized spacial score (nSPS) is 24.5. The molecule has 0 aliphatic carbocycles. The molecule has 1 amide bonds. The van der Waals surface area contributed by atoms with E-state index in [4.69, 9.17) is 11.6 Å². The Bertz CT molecular complexity index is 1070. The van der Waals surface area contributed by atoms with Crippen LogP contribution in [0.3, 0.4) is 0 Å². The van der Waals surface area contributed by atoms with Crippen molar-refractivity contribution < 1.29 is 17.6 Å². The fourth-order valence-electron chi connectivity index (χ4n) is 3.44. The number of rotatable bonds is 3. The third-order valence-corrected chi connectivity index (χ3v) is 8.25. The van der Waals surface area contributed by atoms with Crippen molar-refractivity contribution in [2.75, 3.05) is 16.4 Å². The topological polar surface area (TPSA) is 66.8 Å². The van der Waals surface area contributed by atoms with E-state index in [-0.39, 0.29) is 35.1 Å². The first-order chi connectivity index (χ1) is 13.3. The van der Waals surface area contributed by atoms with Crippen LogP contribution in [0.2, 0.25) is 5.02 Å². The molecule has 2 aromatic carbocycles. The van der Waals surface area contributed by atoms with Crippen LogP contribution in [0.25, 0.3) is 0 Å². The molecule has 2 aromatic rings. The molecule has 4 rings (SSSR count). The first-order valence-electron chi connectivity index (χ1n) is 8.59. The van der Waals surface area contributed by atoms with Crippen LogP contribution in [0.1, 0.15) is 5.56 Å². The van der Waals surface area contributed by atoms with E-state index in [0.717, 1.165) is 0 Å². The second-order valence-electron chi connectivity index (χ2n) is 6.71. The van der Waals surface area contributed by atoms with E-state index in [1.807, 2.05) is 0 Å². The van der Waals surface area contributed by atoms with E-state index in [2.05, 4.69) is 4.99 Å². The number of hydrogen-bond acceptors (Lipinski definition) is 4. The van der Waals surface area contributed by atoms with Gasteiger partial charge in [-0.2, -0.15) is 4.99 Å². The second kappa shape index (κ2) is 7.50. The maximum atomic E-state index is 13.8. The number of hydrogen-bond donors (Lipinski definition) is 0. The van der Waals surface area contributed by atoms with E-state index >= 15 is 0 Å². The second-order valence-corrected chi connectivity index (χ2v) is 10.5. The van der Waals surface area contributed by atoms with Crippen LogP contribution >= 0.6 is 23.4 Å². The zero-order valence-corrected chi connectivity index (χ0v) is 17.0. The van der Waals surface area contributed by atoms with Gasteiger partial charge in [0.1, 0.15) is 5.82 Å². The Balaban J connectivity index is 1.66. The number of nitrogens with zero attached hydrogens (tertiary/aromatic N) is 2. The van der Waals surface area contributed by atoms with E-state index in [0.29, 0.717) is 21.4 Å². The average molecular weight is 439 g/mol. The lowest BCUT2D eigenvalue weighted by Crippen LogP contribution is -2.37. The molecule has 0 spiro atoms. The molecule has 0 bridgehead atoms. The predicted molar refractivity (Wildman–Crippen MR) is 110 cm³/mol. The number of anilines is 1. The monoisotopic (exact) mass is 438 g/mol. The highest BCUT2D eigenvalue weighted by Crippen LogP contribution is 2.41. The number of aliphatic imine (C=N–C) groups is 1. The van der Waals surface area contributed by atoms with Gasteiger partial charge < -0.3 is 4.90 Å². The number of sulfone groups is 1. The third-order valence-electron chi connectivity index (χ3n) is 4.67. The molecule has 2 aliphatic rings. The van der Waals surface area contributed by atoms with Gasteiger partial charge in [0.25, 0.3) is 5.91 Å². The summed E-state index contributed by atoms with van der Waals surface area (Å²) in [5, 5.41) is 0.646. The van der Waals surface area contributed by atoms with E-state index in [9.17, 15) is 17.6 Å². The number of fused-ring (bicyclic) bond motifs is 1. The van der Waals surface area contributed by atoms with Gasteiger partial charge in [-0.25, -0.2) is 12.8 Å². The van der Waals surface area contributed by atoms with Crippen LogP contribution in [0, 0.1) is 5.82 Å². The lowest BCUT2D eigenvalue weighted by Gasteiger charge is -2.24. The van der Waals surface area contributed by atoms with Crippen molar-refractivity contribution in [3.63, 3.8) is 0 Å². The van der Waals surface area contributed by atoms with Crippen molar-refractivity contribution in [1.82, 2.24) is 0 Å². The molecule has 0 unspecified atom stereocenters. The predicted octanol–water partition coefficient (Wildman–Crippen LogP) is 3.32. The Morgan fingerprint density at radius 3 is 2.75 bits per heavy atom. The van der Waals surface area contributed by atoms with Gasteiger partial charge in [0, 0.05) is 16.0 Å². The van der Waals surface area contributed by atoms with Crippen LogP contribution in [-0.4, -0.2) is 42.3 Å². The van der Waals surface area contributed by atoms with Crippen molar-refractivity contribution >= 4 is 50.0 Å². The molecular weight excluding hydrogens is 423 g/mol. The summed E-state index contributed by atoms with van der Waals surface area (Å²) < 4.78 is 37.9. The van der Waals surface area contributed by atoms with Crippen LogP contribution < -0.4 is 4.90 Å². The summed E-state index contributed by atoms with van der Waals surface area (Å²) in [4.78, 5) is 18.4. The van der Waals surface area contributed by atoms with Gasteiger partial charge in [-0.1, -0.05) is 47.6 Å². The summed E-state index contributed by atoms with van der Waals surface area (Å²) in [5.74, 6) is -0.849. The van der Waals surface area contributed by atoms with Crippen LogP contribution in [0.5, 0.6) is 0 Å². The summed E-state index contributed by atoms with van der Waals surface area (Å²) in [6, 6.07) is 12.5. The zero-order valence-electron chi connectivity index (χ0n) is 14.6. The smallest absolute Gasteiger partial charge is 0.252 e. The molecule has 2 saturated heterocycles. The number of carbonyl (C=O) groups is 1. The SMILES string of the molecule is O=C(Cc1ccccc1Cl)N=C1S[C@H]2CS(=O)(=O)C[C@@H]2N1c1cccc(F)c1. The molecule has 2 fully saturated rings. The number of benzene rings is 2.